The molecule has 0 aromatic heterocycles. The fraction of sp³-hybridized carbons (Fsp3) is 0.333. The third kappa shape index (κ3) is 4.65. The van der Waals surface area contributed by atoms with E-state index in [0.29, 0.717) is 24.6 Å². The second-order valence-corrected chi connectivity index (χ2v) is 7.17. The van der Waals surface area contributed by atoms with E-state index in [2.05, 4.69) is 16.0 Å². The van der Waals surface area contributed by atoms with E-state index in [1.165, 1.54) is 6.07 Å². The van der Waals surface area contributed by atoms with Crippen LogP contribution in [0.25, 0.3) is 0 Å². The normalized spacial score (nSPS) is 15.5. The van der Waals surface area contributed by atoms with Crippen molar-refractivity contribution in [2.24, 2.45) is 0 Å². The van der Waals surface area contributed by atoms with Gasteiger partial charge in [-0.15, -0.1) is 0 Å². The zero-order chi connectivity index (χ0) is 20.1. The molecule has 0 bridgehead atoms. The quantitative estimate of drug-likeness (QED) is 0.709. The average molecular weight is 387 g/mol. The molecule has 0 saturated heterocycles. The molecule has 2 aromatic carbocycles. The summed E-state index contributed by atoms with van der Waals surface area (Å²) < 4.78 is 27.0. The first-order chi connectivity index (χ1) is 13.4. The van der Waals surface area contributed by atoms with Gasteiger partial charge in [0.25, 0.3) is 0 Å². The molecule has 0 unspecified atom stereocenters. The Morgan fingerprint density at radius 3 is 2.25 bits per heavy atom. The minimum Gasteiger partial charge on any atom is -0.323 e. The molecule has 3 N–H and O–H groups in total. The first kappa shape index (κ1) is 19.8. The van der Waals surface area contributed by atoms with Crippen LogP contribution in [0.4, 0.5) is 25.0 Å². The molecule has 0 spiro atoms. The Morgan fingerprint density at radius 1 is 0.929 bits per heavy atom. The molecule has 1 fully saturated rings. The number of halogens is 2. The van der Waals surface area contributed by atoms with Crippen molar-refractivity contribution in [1.82, 2.24) is 5.32 Å². The van der Waals surface area contributed by atoms with E-state index in [9.17, 15) is 18.4 Å². The van der Waals surface area contributed by atoms with E-state index >= 15 is 0 Å². The number of carbonyl (C=O) groups excluding carboxylic acids is 2. The number of urea groups is 1. The molecule has 1 aliphatic rings. The van der Waals surface area contributed by atoms with Crippen molar-refractivity contribution in [3.05, 3.63) is 59.7 Å². The zero-order valence-electron chi connectivity index (χ0n) is 15.6. The summed E-state index contributed by atoms with van der Waals surface area (Å²) in [7, 11) is 0. The molecule has 2 aromatic rings. The highest BCUT2D eigenvalue weighted by Gasteiger charge is 2.41. The van der Waals surface area contributed by atoms with Crippen molar-refractivity contribution < 1.29 is 18.4 Å². The summed E-state index contributed by atoms with van der Waals surface area (Å²) in [6.07, 6.45) is 3.39. The molecular formula is C21H23F2N3O2. The van der Waals surface area contributed by atoms with Gasteiger partial charge in [0.1, 0.15) is 17.2 Å². The maximum absolute atomic E-state index is 13.9. The van der Waals surface area contributed by atoms with Gasteiger partial charge < -0.3 is 16.0 Å². The molecule has 0 radical (unpaired) electrons. The highest BCUT2D eigenvalue weighted by molar-refractivity contribution is 6.02. The Labute approximate surface area is 162 Å². The van der Waals surface area contributed by atoms with Crippen LogP contribution in [0.5, 0.6) is 0 Å². The van der Waals surface area contributed by atoms with Crippen molar-refractivity contribution in [2.45, 2.75) is 44.6 Å². The maximum Gasteiger partial charge on any atom is 0.320 e. The third-order valence-electron chi connectivity index (χ3n) is 4.98. The van der Waals surface area contributed by atoms with Gasteiger partial charge in [-0.2, -0.15) is 0 Å². The largest absolute Gasteiger partial charge is 0.323 e. The summed E-state index contributed by atoms with van der Waals surface area (Å²) in [6.45, 7) is 1.94. The Balaban J connectivity index is 1.74. The minimum absolute atomic E-state index is 0.114. The van der Waals surface area contributed by atoms with Gasteiger partial charge in [0.2, 0.25) is 5.91 Å². The molecule has 1 saturated carbocycles. The van der Waals surface area contributed by atoms with Crippen LogP contribution < -0.4 is 16.0 Å². The summed E-state index contributed by atoms with van der Waals surface area (Å²) >= 11 is 0. The topological polar surface area (TPSA) is 70.2 Å². The van der Waals surface area contributed by atoms with Crippen LogP contribution in [0, 0.1) is 18.6 Å². The van der Waals surface area contributed by atoms with E-state index in [0.717, 1.165) is 30.9 Å². The lowest BCUT2D eigenvalue weighted by Gasteiger charge is -2.36. The van der Waals surface area contributed by atoms with Crippen LogP contribution in [0.2, 0.25) is 0 Å². The molecule has 0 heterocycles. The number of benzene rings is 2. The standard InChI is InChI=1S/C21H23F2N3O2/c1-14-5-8-16(9-6-14)24-20(28)26-21(11-3-2-4-12-21)19(27)25-18-10-7-15(22)13-17(18)23/h5-10,13H,2-4,11-12H2,1H3,(H,25,27)(H2,24,26,28). The molecular weight excluding hydrogens is 364 g/mol. The van der Waals surface area contributed by atoms with E-state index < -0.39 is 29.1 Å². The van der Waals surface area contributed by atoms with Gasteiger partial charge in [0.05, 0.1) is 5.69 Å². The number of hydrogen-bond acceptors (Lipinski definition) is 2. The van der Waals surface area contributed by atoms with E-state index in [-0.39, 0.29) is 5.69 Å². The highest BCUT2D eigenvalue weighted by Crippen LogP contribution is 2.30. The summed E-state index contributed by atoms with van der Waals surface area (Å²) in [6, 6.07) is 9.75. The second-order valence-electron chi connectivity index (χ2n) is 7.17. The molecule has 7 heteroatoms. The van der Waals surface area contributed by atoms with Crippen LogP contribution in [0.3, 0.4) is 0 Å². The molecule has 0 aliphatic heterocycles. The molecule has 3 rings (SSSR count). The number of aryl methyl sites for hydroxylation is 1. The predicted molar refractivity (Wildman–Crippen MR) is 104 cm³/mol. The summed E-state index contributed by atoms with van der Waals surface area (Å²) in [5, 5.41) is 8.01. The van der Waals surface area contributed by atoms with Crippen LogP contribution in [0.15, 0.2) is 42.5 Å². The molecule has 1 aliphatic carbocycles. The molecule has 148 valence electrons. The Hall–Kier alpha value is -2.96. The average Bonchev–Trinajstić information content (AvgIpc) is 2.66. The number of nitrogens with one attached hydrogen (secondary N) is 3. The van der Waals surface area contributed by atoms with Gasteiger partial charge in [0.15, 0.2) is 0 Å². The van der Waals surface area contributed by atoms with Crippen LogP contribution >= 0.6 is 0 Å². The SMILES string of the molecule is Cc1ccc(NC(=O)NC2(C(=O)Nc3ccc(F)cc3F)CCCCC2)cc1. The maximum atomic E-state index is 13.9. The fourth-order valence-corrected chi connectivity index (χ4v) is 3.41. The van der Waals surface area contributed by atoms with Crippen molar-refractivity contribution >= 4 is 23.3 Å². The third-order valence-corrected chi connectivity index (χ3v) is 4.98. The highest BCUT2D eigenvalue weighted by atomic mass is 19.1. The lowest BCUT2D eigenvalue weighted by molar-refractivity contribution is -0.123. The van der Waals surface area contributed by atoms with Gasteiger partial charge in [-0.1, -0.05) is 37.0 Å². The van der Waals surface area contributed by atoms with Crippen molar-refractivity contribution in [1.29, 1.82) is 0 Å². The molecule has 3 amide bonds. The first-order valence-electron chi connectivity index (χ1n) is 9.30. The molecule has 0 atom stereocenters. The van der Waals surface area contributed by atoms with Crippen molar-refractivity contribution in [3.63, 3.8) is 0 Å². The number of rotatable bonds is 4. The van der Waals surface area contributed by atoms with Gasteiger partial charge in [-0.25, -0.2) is 13.6 Å². The van der Waals surface area contributed by atoms with Gasteiger partial charge in [0, 0.05) is 11.8 Å². The van der Waals surface area contributed by atoms with Gasteiger partial charge in [-0.3, -0.25) is 4.79 Å². The van der Waals surface area contributed by atoms with Gasteiger partial charge in [-0.05, 0) is 44.0 Å². The van der Waals surface area contributed by atoms with Crippen molar-refractivity contribution in [3.8, 4) is 0 Å². The van der Waals surface area contributed by atoms with Crippen LogP contribution in [-0.2, 0) is 4.79 Å². The Morgan fingerprint density at radius 2 is 1.61 bits per heavy atom. The fourth-order valence-electron chi connectivity index (χ4n) is 3.41. The first-order valence-corrected chi connectivity index (χ1v) is 9.30. The van der Waals surface area contributed by atoms with Crippen LogP contribution in [0.1, 0.15) is 37.7 Å². The van der Waals surface area contributed by atoms with E-state index in [1.807, 2.05) is 19.1 Å². The Kier molecular flexibility index (Phi) is 5.92. The zero-order valence-corrected chi connectivity index (χ0v) is 15.6. The van der Waals surface area contributed by atoms with Gasteiger partial charge >= 0.3 is 6.03 Å². The molecule has 28 heavy (non-hydrogen) atoms. The van der Waals surface area contributed by atoms with Crippen LogP contribution in [-0.4, -0.2) is 17.5 Å². The minimum atomic E-state index is -1.14. The molecule has 5 nitrogen and oxygen atoms in total. The lowest BCUT2D eigenvalue weighted by atomic mass is 9.81. The monoisotopic (exact) mass is 387 g/mol. The Bertz CT molecular complexity index is 862. The van der Waals surface area contributed by atoms with Crippen molar-refractivity contribution in [2.75, 3.05) is 10.6 Å². The number of carbonyl (C=O) groups is 2. The number of anilines is 2. The predicted octanol–water partition coefficient (Wildman–Crippen LogP) is 4.74. The van der Waals surface area contributed by atoms with E-state index in [4.69, 9.17) is 0 Å². The second kappa shape index (κ2) is 8.37. The lowest BCUT2D eigenvalue weighted by Crippen LogP contribution is -2.58. The van der Waals surface area contributed by atoms with E-state index in [1.54, 1.807) is 12.1 Å². The summed E-state index contributed by atoms with van der Waals surface area (Å²) in [4.78, 5) is 25.5. The number of amides is 3. The summed E-state index contributed by atoms with van der Waals surface area (Å²) in [5.74, 6) is -2.08. The smallest absolute Gasteiger partial charge is 0.320 e. The number of hydrogen-bond donors (Lipinski definition) is 3. The summed E-state index contributed by atoms with van der Waals surface area (Å²) in [5.41, 5.74) is 0.417.